The lowest BCUT2D eigenvalue weighted by molar-refractivity contribution is 0.301. The Morgan fingerprint density at radius 3 is 2.67 bits per heavy atom. The van der Waals surface area contributed by atoms with Crippen molar-refractivity contribution in [3.63, 3.8) is 0 Å². The van der Waals surface area contributed by atoms with Gasteiger partial charge in [0, 0.05) is 12.6 Å². The third kappa shape index (κ3) is 2.72. The van der Waals surface area contributed by atoms with Gasteiger partial charge in [0.05, 0.1) is 16.4 Å². The van der Waals surface area contributed by atoms with E-state index in [9.17, 15) is 0 Å². The second-order valence-corrected chi connectivity index (χ2v) is 5.67. The molecule has 0 amide bonds. The van der Waals surface area contributed by atoms with E-state index in [2.05, 4.69) is 23.6 Å². The van der Waals surface area contributed by atoms with Gasteiger partial charge in [-0.2, -0.15) is 5.10 Å². The van der Waals surface area contributed by atoms with E-state index in [1.807, 2.05) is 0 Å². The topological polar surface area (TPSA) is 43.8 Å². The minimum Gasteiger partial charge on any atom is -0.327 e. The number of hydrogen-bond donors (Lipinski definition) is 1. The van der Waals surface area contributed by atoms with E-state index >= 15 is 0 Å². The summed E-state index contributed by atoms with van der Waals surface area (Å²) in [6, 6.07) is 0.333. The number of nitrogens with two attached hydrogens (primary N) is 1. The predicted molar refractivity (Wildman–Crippen MR) is 75.9 cm³/mol. The molecule has 4 heteroatoms. The van der Waals surface area contributed by atoms with Gasteiger partial charge in [0.15, 0.2) is 0 Å². The first-order valence-electron chi connectivity index (χ1n) is 7.17. The molecule has 2 rings (SSSR count). The molecule has 0 aromatic carbocycles. The molecule has 1 aromatic rings. The standard InChI is InChI=1S/C14H24ClN3/c1-3-12-14(15)13(18(4-2)17-12)9-10-7-5-6-8-11(10)16/h10-11H,3-9,16H2,1-2H3. The van der Waals surface area contributed by atoms with Gasteiger partial charge in [-0.3, -0.25) is 4.68 Å². The van der Waals surface area contributed by atoms with Crippen molar-refractivity contribution in [2.24, 2.45) is 11.7 Å². The van der Waals surface area contributed by atoms with Crippen molar-refractivity contribution in [3.05, 3.63) is 16.4 Å². The Labute approximate surface area is 115 Å². The summed E-state index contributed by atoms with van der Waals surface area (Å²) < 4.78 is 2.06. The highest BCUT2D eigenvalue weighted by atomic mass is 35.5. The monoisotopic (exact) mass is 269 g/mol. The fraction of sp³-hybridized carbons (Fsp3) is 0.786. The van der Waals surface area contributed by atoms with E-state index < -0.39 is 0 Å². The minimum absolute atomic E-state index is 0.333. The van der Waals surface area contributed by atoms with E-state index in [0.29, 0.717) is 12.0 Å². The quantitative estimate of drug-likeness (QED) is 0.912. The Hall–Kier alpha value is -0.540. The van der Waals surface area contributed by atoms with Crippen LogP contribution in [0.5, 0.6) is 0 Å². The number of nitrogens with zero attached hydrogens (tertiary/aromatic N) is 2. The van der Waals surface area contributed by atoms with E-state index in [1.165, 1.54) is 25.0 Å². The summed E-state index contributed by atoms with van der Waals surface area (Å²) in [6.07, 6.45) is 6.85. The van der Waals surface area contributed by atoms with Crippen LogP contribution >= 0.6 is 11.6 Å². The maximum absolute atomic E-state index is 6.45. The first-order valence-corrected chi connectivity index (χ1v) is 7.54. The Bertz CT molecular complexity index is 400. The Kier molecular flexibility index (Phi) is 4.68. The Morgan fingerprint density at radius 1 is 1.33 bits per heavy atom. The first kappa shape index (κ1) is 13.9. The van der Waals surface area contributed by atoms with Crippen LogP contribution in [0.3, 0.4) is 0 Å². The molecule has 0 radical (unpaired) electrons. The highest BCUT2D eigenvalue weighted by Crippen LogP contribution is 2.30. The summed E-state index contributed by atoms with van der Waals surface area (Å²) in [5.74, 6) is 0.572. The Balaban J connectivity index is 2.19. The van der Waals surface area contributed by atoms with E-state index in [-0.39, 0.29) is 0 Å². The van der Waals surface area contributed by atoms with Crippen LogP contribution in [-0.4, -0.2) is 15.8 Å². The SMILES string of the molecule is CCc1nn(CC)c(CC2CCCCC2N)c1Cl. The maximum Gasteiger partial charge on any atom is 0.0849 e. The number of rotatable bonds is 4. The van der Waals surface area contributed by atoms with Crippen LogP contribution in [0.15, 0.2) is 0 Å². The van der Waals surface area contributed by atoms with Gasteiger partial charge in [-0.05, 0) is 38.5 Å². The minimum atomic E-state index is 0.333. The number of aryl methyl sites for hydroxylation is 2. The number of halogens is 1. The van der Waals surface area contributed by atoms with Crippen LogP contribution in [0.25, 0.3) is 0 Å². The highest BCUT2D eigenvalue weighted by Gasteiger charge is 2.25. The van der Waals surface area contributed by atoms with Crippen LogP contribution in [-0.2, 0) is 19.4 Å². The van der Waals surface area contributed by atoms with Gasteiger partial charge < -0.3 is 5.73 Å². The molecule has 0 aliphatic heterocycles. The molecule has 1 saturated carbocycles. The molecule has 3 nitrogen and oxygen atoms in total. The summed E-state index contributed by atoms with van der Waals surface area (Å²) in [5, 5.41) is 5.45. The molecule has 2 N–H and O–H groups in total. The van der Waals surface area contributed by atoms with Crippen LogP contribution < -0.4 is 5.73 Å². The zero-order valence-corrected chi connectivity index (χ0v) is 12.2. The normalized spacial score (nSPS) is 24.4. The highest BCUT2D eigenvalue weighted by molar-refractivity contribution is 6.31. The Morgan fingerprint density at radius 2 is 2.06 bits per heavy atom. The van der Waals surface area contributed by atoms with Gasteiger partial charge in [-0.25, -0.2) is 0 Å². The molecular weight excluding hydrogens is 246 g/mol. The molecule has 1 aromatic heterocycles. The van der Waals surface area contributed by atoms with Gasteiger partial charge in [0.25, 0.3) is 0 Å². The molecule has 1 heterocycles. The van der Waals surface area contributed by atoms with Crippen molar-refractivity contribution in [1.82, 2.24) is 9.78 Å². The average molecular weight is 270 g/mol. The van der Waals surface area contributed by atoms with Crippen molar-refractivity contribution in [1.29, 1.82) is 0 Å². The van der Waals surface area contributed by atoms with Crippen LogP contribution in [0.2, 0.25) is 5.02 Å². The fourth-order valence-electron chi connectivity index (χ4n) is 2.95. The zero-order valence-electron chi connectivity index (χ0n) is 11.5. The lowest BCUT2D eigenvalue weighted by atomic mass is 9.82. The molecule has 0 spiro atoms. The van der Waals surface area contributed by atoms with Crippen molar-refractivity contribution in [2.75, 3.05) is 0 Å². The molecule has 18 heavy (non-hydrogen) atoms. The molecule has 1 aliphatic carbocycles. The summed E-state index contributed by atoms with van der Waals surface area (Å²) in [5.41, 5.74) is 8.45. The number of aromatic nitrogens is 2. The molecule has 102 valence electrons. The average Bonchev–Trinajstić information content (AvgIpc) is 2.69. The molecule has 0 bridgehead atoms. The van der Waals surface area contributed by atoms with Gasteiger partial charge in [0.2, 0.25) is 0 Å². The third-order valence-electron chi connectivity index (χ3n) is 4.12. The second-order valence-electron chi connectivity index (χ2n) is 5.29. The van der Waals surface area contributed by atoms with Gasteiger partial charge in [-0.15, -0.1) is 0 Å². The largest absolute Gasteiger partial charge is 0.327 e. The first-order chi connectivity index (χ1) is 8.67. The molecule has 1 aliphatic rings. The smallest absolute Gasteiger partial charge is 0.0849 e. The van der Waals surface area contributed by atoms with Crippen LogP contribution in [0, 0.1) is 5.92 Å². The van der Waals surface area contributed by atoms with Crippen molar-refractivity contribution in [2.45, 2.75) is 65.0 Å². The second kappa shape index (κ2) is 6.07. The van der Waals surface area contributed by atoms with E-state index in [0.717, 1.165) is 36.5 Å². The van der Waals surface area contributed by atoms with E-state index in [1.54, 1.807) is 0 Å². The van der Waals surface area contributed by atoms with Gasteiger partial charge in [-0.1, -0.05) is 31.4 Å². The van der Waals surface area contributed by atoms with Gasteiger partial charge >= 0.3 is 0 Å². The zero-order chi connectivity index (χ0) is 13.1. The van der Waals surface area contributed by atoms with Gasteiger partial charge in [0.1, 0.15) is 0 Å². The lowest BCUT2D eigenvalue weighted by Gasteiger charge is -2.28. The molecule has 2 atom stereocenters. The van der Waals surface area contributed by atoms with E-state index in [4.69, 9.17) is 17.3 Å². The molecule has 0 saturated heterocycles. The van der Waals surface area contributed by atoms with Crippen molar-refractivity contribution in [3.8, 4) is 0 Å². The molecular formula is C14H24ClN3. The lowest BCUT2D eigenvalue weighted by Crippen LogP contribution is -2.34. The fourth-order valence-corrected chi connectivity index (χ4v) is 3.30. The summed E-state index contributed by atoms with van der Waals surface area (Å²) in [7, 11) is 0. The predicted octanol–water partition coefficient (Wildman–Crippen LogP) is 3.18. The number of hydrogen-bond acceptors (Lipinski definition) is 2. The summed E-state index contributed by atoms with van der Waals surface area (Å²) >= 11 is 6.45. The molecule has 2 unspecified atom stereocenters. The summed E-state index contributed by atoms with van der Waals surface area (Å²) in [6.45, 7) is 5.11. The summed E-state index contributed by atoms with van der Waals surface area (Å²) in [4.78, 5) is 0. The van der Waals surface area contributed by atoms with Crippen LogP contribution in [0.4, 0.5) is 0 Å². The van der Waals surface area contributed by atoms with Crippen molar-refractivity contribution >= 4 is 11.6 Å². The third-order valence-corrected chi connectivity index (χ3v) is 4.55. The van der Waals surface area contributed by atoms with Crippen LogP contribution in [0.1, 0.15) is 50.9 Å². The molecule has 1 fully saturated rings. The van der Waals surface area contributed by atoms with Crippen molar-refractivity contribution < 1.29 is 0 Å². The maximum atomic E-state index is 6.45.